The van der Waals surface area contributed by atoms with Gasteiger partial charge < -0.3 is 15.1 Å². The van der Waals surface area contributed by atoms with Crippen molar-refractivity contribution in [1.29, 1.82) is 0 Å². The molecule has 16 heavy (non-hydrogen) atoms. The summed E-state index contributed by atoms with van der Waals surface area (Å²) in [6.07, 6.45) is 5.27. The molecule has 1 aliphatic heterocycles. The first-order chi connectivity index (χ1) is 7.72. The maximum absolute atomic E-state index is 3.62. The lowest BCUT2D eigenvalue weighted by Gasteiger charge is -2.17. The van der Waals surface area contributed by atoms with Gasteiger partial charge in [-0.15, -0.1) is 0 Å². The molecule has 0 amide bonds. The summed E-state index contributed by atoms with van der Waals surface area (Å²) >= 11 is 0. The van der Waals surface area contributed by atoms with Crippen molar-refractivity contribution in [2.24, 2.45) is 0 Å². The summed E-state index contributed by atoms with van der Waals surface area (Å²) < 4.78 is 0. The van der Waals surface area contributed by atoms with E-state index in [0.717, 1.165) is 6.04 Å². The lowest BCUT2D eigenvalue weighted by atomic mass is 10.2. The first kappa shape index (κ1) is 13.9. The Morgan fingerprint density at radius 3 is 2.81 bits per heavy atom. The topological polar surface area (TPSA) is 18.5 Å². The molecule has 1 unspecified atom stereocenters. The van der Waals surface area contributed by atoms with Crippen LogP contribution in [0, 0.1) is 0 Å². The summed E-state index contributed by atoms with van der Waals surface area (Å²) in [5, 5.41) is 3.62. The van der Waals surface area contributed by atoms with Gasteiger partial charge in [0.2, 0.25) is 0 Å². The van der Waals surface area contributed by atoms with Crippen LogP contribution in [0.1, 0.15) is 32.6 Å². The van der Waals surface area contributed by atoms with Crippen molar-refractivity contribution in [3.05, 3.63) is 0 Å². The molecule has 0 aromatic carbocycles. The van der Waals surface area contributed by atoms with Crippen LogP contribution in [0.3, 0.4) is 0 Å². The molecule has 3 nitrogen and oxygen atoms in total. The molecule has 1 heterocycles. The van der Waals surface area contributed by atoms with Crippen LogP contribution >= 0.6 is 0 Å². The Labute approximate surface area is 101 Å². The molecule has 0 bridgehead atoms. The maximum atomic E-state index is 3.62. The summed E-state index contributed by atoms with van der Waals surface area (Å²) in [7, 11) is 4.31. The molecule has 96 valence electrons. The molecule has 3 heteroatoms. The molecule has 0 spiro atoms. The van der Waals surface area contributed by atoms with Crippen LogP contribution in [0.5, 0.6) is 0 Å². The van der Waals surface area contributed by atoms with Gasteiger partial charge in [0.1, 0.15) is 0 Å². The van der Waals surface area contributed by atoms with E-state index in [1.54, 1.807) is 0 Å². The fraction of sp³-hybridized carbons (Fsp3) is 1.00. The Morgan fingerprint density at radius 1 is 1.31 bits per heavy atom. The number of hydrogen-bond donors (Lipinski definition) is 1. The van der Waals surface area contributed by atoms with Crippen molar-refractivity contribution in [2.75, 3.05) is 46.8 Å². The number of unbranched alkanes of at least 4 members (excludes halogenated alkanes) is 1. The Morgan fingerprint density at radius 2 is 2.12 bits per heavy atom. The van der Waals surface area contributed by atoms with Crippen LogP contribution in [0.25, 0.3) is 0 Å². The minimum absolute atomic E-state index is 0.758. The monoisotopic (exact) mass is 227 g/mol. The van der Waals surface area contributed by atoms with Gasteiger partial charge in [-0.3, -0.25) is 0 Å². The number of hydrogen-bond acceptors (Lipinski definition) is 3. The Kier molecular flexibility index (Phi) is 7.01. The van der Waals surface area contributed by atoms with E-state index in [-0.39, 0.29) is 0 Å². The summed E-state index contributed by atoms with van der Waals surface area (Å²) in [4.78, 5) is 4.89. The highest BCUT2D eigenvalue weighted by atomic mass is 15.2. The minimum Gasteiger partial charge on any atom is -0.313 e. The van der Waals surface area contributed by atoms with Gasteiger partial charge in [0.05, 0.1) is 0 Å². The highest BCUT2D eigenvalue weighted by Crippen LogP contribution is 2.10. The summed E-state index contributed by atoms with van der Waals surface area (Å²) in [5.41, 5.74) is 0. The van der Waals surface area contributed by atoms with Crippen LogP contribution in [0.4, 0.5) is 0 Å². The van der Waals surface area contributed by atoms with Gasteiger partial charge in [0, 0.05) is 12.6 Å². The van der Waals surface area contributed by atoms with Gasteiger partial charge in [-0.1, -0.05) is 6.92 Å². The Bertz CT molecular complexity index is 171. The second-order valence-electron chi connectivity index (χ2n) is 5.25. The van der Waals surface area contributed by atoms with E-state index in [4.69, 9.17) is 0 Å². The van der Waals surface area contributed by atoms with Crippen molar-refractivity contribution in [2.45, 2.75) is 38.6 Å². The Hall–Kier alpha value is -0.120. The number of nitrogens with zero attached hydrogens (tertiary/aromatic N) is 2. The van der Waals surface area contributed by atoms with Crippen molar-refractivity contribution in [3.8, 4) is 0 Å². The lowest BCUT2D eigenvalue weighted by molar-refractivity contribution is 0.306. The highest BCUT2D eigenvalue weighted by molar-refractivity contribution is 4.80. The molecular weight excluding hydrogens is 198 g/mol. The molecule has 0 aromatic rings. The lowest BCUT2D eigenvalue weighted by Crippen LogP contribution is -2.33. The first-order valence-corrected chi connectivity index (χ1v) is 6.83. The number of likely N-dealkylation sites (tertiary alicyclic amines) is 1. The normalized spacial score (nSPS) is 22.1. The van der Waals surface area contributed by atoms with Gasteiger partial charge in [-0.25, -0.2) is 0 Å². The predicted octanol–water partition coefficient (Wildman–Crippen LogP) is 1.40. The molecule has 0 saturated carbocycles. The smallest absolute Gasteiger partial charge is 0.0207 e. The van der Waals surface area contributed by atoms with Gasteiger partial charge in [0.15, 0.2) is 0 Å². The molecule has 1 rings (SSSR count). The largest absolute Gasteiger partial charge is 0.313 e. The van der Waals surface area contributed by atoms with Gasteiger partial charge in [-0.05, 0) is 66.0 Å². The van der Waals surface area contributed by atoms with Crippen LogP contribution in [-0.4, -0.2) is 62.7 Å². The van der Waals surface area contributed by atoms with E-state index in [0.29, 0.717) is 0 Å². The highest BCUT2D eigenvalue weighted by Gasteiger charge is 2.20. The second-order valence-corrected chi connectivity index (χ2v) is 5.25. The van der Waals surface area contributed by atoms with Crippen molar-refractivity contribution < 1.29 is 0 Å². The quantitative estimate of drug-likeness (QED) is 0.632. The molecule has 0 radical (unpaired) electrons. The van der Waals surface area contributed by atoms with E-state index >= 15 is 0 Å². The van der Waals surface area contributed by atoms with Gasteiger partial charge in [0.25, 0.3) is 0 Å². The summed E-state index contributed by atoms with van der Waals surface area (Å²) in [6, 6.07) is 0.758. The van der Waals surface area contributed by atoms with E-state index in [2.05, 4.69) is 36.1 Å². The standard InChI is InChI=1S/C13H29N3/c1-4-8-14-13-7-11-16(12-13)10-6-5-9-15(2)3/h13-14H,4-12H2,1-3H3. The minimum atomic E-state index is 0.758. The molecule has 1 aliphatic rings. The molecule has 0 aromatic heterocycles. The van der Waals surface area contributed by atoms with Crippen LogP contribution in [0.2, 0.25) is 0 Å². The number of rotatable bonds is 8. The van der Waals surface area contributed by atoms with Crippen molar-refractivity contribution in [3.63, 3.8) is 0 Å². The zero-order valence-corrected chi connectivity index (χ0v) is 11.3. The third-order valence-electron chi connectivity index (χ3n) is 3.29. The van der Waals surface area contributed by atoms with Crippen molar-refractivity contribution >= 4 is 0 Å². The SMILES string of the molecule is CCCNC1CCN(CCCCN(C)C)C1. The van der Waals surface area contributed by atoms with Crippen LogP contribution in [-0.2, 0) is 0 Å². The molecule has 1 saturated heterocycles. The van der Waals surface area contributed by atoms with Gasteiger partial charge >= 0.3 is 0 Å². The fourth-order valence-electron chi connectivity index (χ4n) is 2.31. The molecule has 0 aliphatic carbocycles. The first-order valence-electron chi connectivity index (χ1n) is 6.83. The average molecular weight is 227 g/mol. The zero-order valence-electron chi connectivity index (χ0n) is 11.3. The van der Waals surface area contributed by atoms with E-state index in [1.807, 2.05) is 0 Å². The Balaban J connectivity index is 1.98. The molecule has 1 fully saturated rings. The van der Waals surface area contributed by atoms with Crippen LogP contribution < -0.4 is 5.32 Å². The zero-order chi connectivity index (χ0) is 11.8. The fourth-order valence-corrected chi connectivity index (χ4v) is 2.31. The predicted molar refractivity (Wildman–Crippen MR) is 70.9 cm³/mol. The maximum Gasteiger partial charge on any atom is 0.0207 e. The molecule has 1 atom stereocenters. The van der Waals surface area contributed by atoms with Crippen LogP contribution in [0.15, 0.2) is 0 Å². The summed E-state index contributed by atoms with van der Waals surface area (Å²) in [5.74, 6) is 0. The number of nitrogens with one attached hydrogen (secondary N) is 1. The van der Waals surface area contributed by atoms with Crippen molar-refractivity contribution in [1.82, 2.24) is 15.1 Å². The second kappa shape index (κ2) is 8.04. The molecule has 1 N–H and O–H groups in total. The van der Waals surface area contributed by atoms with E-state index in [1.165, 1.54) is 58.4 Å². The third kappa shape index (κ3) is 5.83. The van der Waals surface area contributed by atoms with Gasteiger partial charge in [-0.2, -0.15) is 0 Å². The average Bonchev–Trinajstić information content (AvgIpc) is 2.69. The summed E-state index contributed by atoms with van der Waals surface area (Å²) in [6.45, 7) is 8.49. The van der Waals surface area contributed by atoms with E-state index in [9.17, 15) is 0 Å². The van der Waals surface area contributed by atoms with E-state index < -0.39 is 0 Å². The third-order valence-corrected chi connectivity index (χ3v) is 3.29. The molecular formula is C13H29N3.